The van der Waals surface area contributed by atoms with Crippen molar-refractivity contribution >= 4 is 5.91 Å². The number of carbonyl (C=O) groups excluding carboxylic acids is 1. The fourth-order valence-corrected chi connectivity index (χ4v) is 4.23. The molecule has 0 saturated carbocycles. The summed E-state index contributed by atoms with van der Waals surface area (Å²) in [6.45, 7) is 1.74. The molecule has 2 aliphatic rings. The highest BCUT2D eigenvalue weighted by atomic mass is 16.1. The first-order chi connectivity index (χ1) is 11.7. The molecule has 4 rings (SSSR count). The number of primary amides is 1. The lowest BCUT2D eigenvalue weighted by atomic mass is 10.0. The summed E-state index contributed by atoms with van der Waals surface area (Å²) in [7, 11) is 0. The third kappa shape index (κ3) is 2.73. The molecule has 2 atom stereocenters. The van der Waals surface area contributed by atoms with Crippen molar-refractivity contribution in [1.82, 2.24) is 14.5 Å². The molecule has 0 radical (unpaired) electrons. The van der Waals surface area contributed by atoms with Gasteiger partial charge in [-0.3, -0.25) is 9.69 Å². The van der Waals surface area contributed by atoms with Gasteiger partial charge in [0.25, 0.3) is 0 Å². The Morgan fingerprint density at radius 3 is 2.79 bits per heavy atom. The van der Waals surface area contributed by atoms with E-state index >= 15 is 0 Å². The van der Waals surface area contributed by atoms with Crippen LogP contribution in [0, 0.1) is 0 Å². The number of aryl methyl sites for hydroxylation is 1. The Bertz CT molecular complexity index is 724. The van der Waals surface area contributed by atoms with E-state index in [1.807, 2.05) is 36.7 Å². The maximum Gasteiger partial charge on any atom is 0.239 e. The summed E-state index contributed by atoms with van der Waals surface area (Å²) in [5, 5.41) is 0. The van der Waals surface area contributed by atoms with Crippen molar-refractivity contribution in [2.24, 2.45) is 5.73 Å². The molecule has 2 N–H and O–H groups in total. The van der Waals surface area contributed by atoms with Gasteiger partial charge in [-0.05, 0) is 37.7 Å². The third-order valence-corrected chi connectivity index (χ3v) is 5.40. The van der Waals surface area contributed by atoms with Crippen molar-refractivity contribution in [3.8, 4) is 0 Å². The predicted molar refractivity (Wildman–Crippen MR) is 92.5 cm³/mol. The molecule has 1 amide bonds. The van der Waals surface area contributed by atoms with E-state index < -0.39 is 0 Å². The number of rotatable bonds is 4. The van der Waals surface area contributed by atoms with Gasteiger partial charge in [0.2, 0.25) is 5.91 Å². The fourth-order valence-electron chi connectivity index (χ4n) is 4.23. The molecule has 126 valence electrons. The van der Waals surface area contributed by atoms with E-state index in [1.54, 1.807) is 0 Å². The summed E-state index contributed by atoms with van der Waals surface area (Å²) in [6, 6.07) is 9.92. The molecule has 1 fully saturated rings. The lowest BCUT2D eigenvalue weighted by molar-refractivity contribution is -0.123. The Balaban J connectivity index is 1.55. The minimum absolute atomic E-state index is 0.269. The maximum atomic E-state index is 12.1. The van der Waals surface area contributed by atoms with Crippen molar-refractivity contribution in [3.05, 3.63) is 53.6 Å². The number of hydrogen-bond donors (Lipinski definition) is 1. The smallest absolute Gasteiger partial charge is 0.239 e. The largest absolute Gasteiger partial charge is 0.368 e. The predicted octanol–water partition coefficient (Wildman–Crippen LogP) is 2.24. The second kappa shape index (κ2) is 6.40. The van der Waals surface area contributed by atoms with Crippen molar-refractivity contribution in [2.75, 3.05) is 13.1 Å². The number of nitrogens with two attached hydrogens (primary N) is 1. The molecular weight excluding hydrogens is 300 g/mol. The van der Waals surface area contributed by atoms with Crippen molar-refractivity contribution in [3.63, 3.8) is 0 Å². The Morgan fingerprint density at radius 1 is 1.21 bits per heavy atom. The maximum absolute atomic E-state index is 12.1. The first-order valence-corrected chi connectivity index (χ1v) is 8.87. The summed E-state index contributed by atoms with van der Waals surface area (Å²) >= 11 is 0. The molecule has 5 heteroatoms. The zero-order valence-electron chi connectivity index (χ0n) is 13.9. The van der Waals surface area contributed by atoms with Crippen LogP contribution in [0.4, 0.5) is 0 Å². The molecule has 1 aromatic heterocycles. The van der Waals surface area contributed by atoms with Gasteiger partial charge in [-0.1, -0.05) is 30.3 Å². The van der Waals surface area contributed by atoms with Gasteiger partial charge in [0.15, 0.2) is 0 Å². The highest BCUT2D eigenvalue weighted by Gasteiger charge is 2.34. The zero-order chi connectivity index (χ0) is 16.5. The Hall–Kier alpha value is -2.14. The minimum Gasteiger partial charge on any atom is -0.368 e. The number of fused-ring (bicyclic) bond motifs is 1. The lowest BCUT2D eigenvalue weighted by Crippen LogP contribution is -2.36. The molecule has 1 aliphatic carbocycles. The van der Waals surface area contributed by atoms with Gasteiger partial charge < -0.3 is 10.3 Å². The van der Waals surface area contributed by atoms with E-state index in [4.69, 9.17) is 5.73 Å². The number of aromatic nitrogens is 2. The van der Waals surface area contributed by atoms with Crippen molar-refractivity contribution < 1.29 is 4.79 Å². The number of imidazole rings is 1. The van der Waals surface area contributed by atoms with Gasteiger partial charge in [0, 0.05) is 24.8 Å². The van der Waals surface area contributed by atoms with Crippen molar-refractivity contribution in [2.45, 2.75) is 44.2 Å². The van der Waals surface area contributed by atoms with Gasteiger partial charge in [-0.2, -0.15) is 0 Å². The monoisotopic (exact) mass is 324 g/mol. The topological polar surface area (TPSA) is 64.2 Å². The molecule has 0 unspecified atom stereocenters. The highest BCUT2D eigenvalue weighted by molar-refractivity contribution is 5.81. The van der Waals surface area contributed by atoms with Crippen LogP contribution in [-0.4, -0.2) is 33.4 Å². The van der Waals surface area contributed by atoms with Gasteiger partial charge in [0.05, 0.1) is 12.0 Å². The van der Waals surface area contributed by atoms with E-state index in [1.165, 1.54) is 24.2 Å². The van der Waals surface area contributed by atoms with Crippen LogP contribution in [0.3, 0.4) is 0 Å². The molecule has 24 heavy (non-hydrogen) atoms. The van der Waals surface area contributed by atoms with Crippen molar-refractivity contribution in [1.29, 1.82) is 0 Å². The van der Waals surface area contributed by atoms with Crippen LogP contribution >= 0.6 is 0 Å². The number of carbonyl (C=O) groups is 1. The number of nitrogens with zero attached hydrogens (tertiary/aromatic N) is 3. The van der Waals surface area contributed by atoms with Gasteiger partial charge in [-0.15, -0.1) is 0 Å². The standard InChI is InChI=1S/C19H24N4O/c20-19(24)18(14-6-2-1-3-7-14)22-11-10-15(12-22)23-13-21-16-8-4-5-9-17(16)23/h1-3,6-7,13,15,18H,4-5,8-12H2,(H2,20,24)/t15-,18-/m0/s1. The molecule has 1 aliphatic heterocycles. The summed E-state index contributed by atoms with van der Waals surface area (Å²) in [4.78, 5) is 18.9. The first-order valence-electron chi connectivity index (χ1n) is 8.87. The second-order valence-electron chi connectivity index (χ2n) is 6.91. The highest BCUT2D eigenvalue weighted by Crippen LogP contribution is 2.32. The average molecular weight is 324 g/mol. The third-order valence-electron chi connectivity index (χ3n) is 5.40. The van der Waals surface area contributed by atoms with Crippen LogP contribution in [0.1, 0.15) is 48.3 Å². The van der Waals surface area contributed by atoms with Gasteiger partial charge in [-0.25, -0.2) is 4.98 Å². The molecule has 0 spiro atoms. The van der Waals surface area contributed by atoms with Crippen LogP contribution < -0.4 is 5.73 Å². The Kier molecular flexibility index (Phi) is 4.10. The van der Waals surface area contributed by atoms with Crippen LogP contribution in [0.5, 0.6) is 0 Å². The SMILES string of the molecule is NC(=O)[C@H](c1ccccc1)N1CC[C@H](n2cnc3c2CCCC3)C1. The van der Waals surface area contributed by atoms with E-state index in [2.05, 4.69) is 14.5 Å². The summed E-state index contributed by atoms with van der Waals surface area (Å²) in [5.74, 6) is -0.269. The van der Waals surface area contributed by atoms with E-state index in [-0.39, 0.29) is 11.9 Å². The molecular formula is C19H24N4O. The number of likely N-dealkylation sites (tertiary alicyclic amines) is 1. The van der Waals surface area contributed by atoms with Gasteiger partial charge in [0.1, 0.15) is 6.04 Å². The fraction of sp³-hybridized carbons (Fsp3) is 0.474. The van der Waals surface area contributed by atoms with Crippen LogP contribution in [0.25, 0.3) is 0 Å². The molecule has 0 bridgehead atoms. The van der Waals surface area contributed by atoms with E-state index in [9.17, 15) is 4.79 Å². The summed E-state index contributed by atoms with van der Waals surface area (Å²) in [5.41, 5.74) is 9.39. The van der Waals surface area contributed by atoms with Crippen LogP contribution in [0.15, 0.2) is 36.7 Å². The Morgan fingerprint density at radius 2 is 2.00 bits per heavy atom. The summed E-state index contributed by atoms with van der Waals surface area (Å²) in [6.07, 6.45) is 7.78. The van der Waals surface area contributed by atoms with Crippen LogP contribution in [-0.2, 0) is 17.6 Å². The molecule has 5 nitrogen and oxygen atoms in total. The molecule has 2 aromatic rings. The average Bonchev–Trinajstić information content (AvgIpc) is 3.22. The normalized spacial score (nSPS) is 22.2. The van der Waals surface area contributed by atoms with Gasteiger partial charge >= 0.3 is 0 Å². The first kappa shape index (κ1) is 15.4. The molecule has 2 heterocycles. The molecule has 1 aromatic carbocycles. The second-order valence-corrected chi connectivity index (χ2v) is 6.91. The summed E-state index contributed by atoms with van der Waals surface area (Å²) < 4.78 is 2.36. The van der Waals surface area contributed by atoms with Crippen LogP contribution in [0.2, 0.25) is 0 Å². The minimum atomic E-state index is -0.337. The number of amides is 1. The lowest BCUT2D eigenvalue weighted by Gasteiger charge is -2.26. The zero-order valence-corrected chi connectivity index (χ0v) is 13.9. The Labute approximate surface area is 142 Å². The van der Waals surface area contributed by atoms with E-state index in [0.29, 0.717) is 6.04 Å². The number of benzene rings is 1. The number of hydrogen-bond acceptors (Lipinski definition) is 3. The quantitative estimate of drug-likeness (QED) is 0.938. The molecule has 1 saturated heterocycles. The van der Waals surface area contributed by atoms with E-state index in [0.717, 1.165) is 37.9 Å².